The minimum Gasteiger partial charge on any atom is -0.387 e. The number of hydrogen-bond acceptors (Lipinski definition) is 7. The van der Waals surface area contributed by atoms with Crippen LogP contribution in [0.4, 0.5) is 10.2 Å². The first kappa shape index (κ1) is 20.0. The number of anilines is 1. The van der Waals surface area contributed by atoms with Gasteiger partial charge in [0.05, 0.1) is 6.61 Å². The van der Waals surface area contributed by atoms with Crippen molar-refractivity contribution in [1.29, 1.82) is 0 Å². The van der Waals surface area contributed by atoms with Crippen LogP contribution in [0.5, 0.6) is 0 Å². The number of nitrogens with two attached hydrogens (primary N) is 1. The Bertz CT molecular complexity index is 725. The number of alkyl halides is 1. The molecule has 2 unspecified atom stereocenters. The minimum absolute atomic E-state index is 0.00748. The highest BCUT2D eigenvalue weighted by molar-refractivity contribution is 7.56. The van der Waals surface area contributed by atoms with Crippen molar-refractivity contribution in [2.24, 2.45) is 0 Å². The van der Waals surface area contributed by atoms with Gasteiger partial charge < -0.3 is 20.1 Å². The van der Waals surface area contributed by atoms with Gasteiger partial charge in [0.25, 0.3) is 7.52 Å². The number of rotatable bonds is 6. The topological polar surface area (TPSA) is 129 Å². The standard InChI is InChI=1S/C14H24FN4O5P/c1-8(2)18-25(4,22)23-7-9-11(20)14(3,15)12(24-9)19-6-5-10(16)17-13(19)21/h5-6,8-9,11-12,20H,7H2,1-4H3,(H,18,22)(H2,16,17,21)/t9-,11-,12-,14?,25?/m1/s1. The van der Waals surface area contributed by atoms with Crippen LogP contribution in [0, 0.1) is 0 Å². The Balaban J connectivity index is 2.16. The Morgan fingerprint density at radius 1 is 1.64 bits per heavy atom. The Kier molecular flexibility index (Phi) is 5.70. The minimum atomic E-state index is -3.14. The SMILES string of the molecule is CC(C)NP(C)(=O)OC[C@H]1O[C@@H](n2ccc(N)nc2=O)C(C)(F)[C@@H]1O. The van der Waals surface area contributed by atoms with E-state index < -0.39 is 37.3 Å². The van der Waals surface area contributed by atoms with E-state index in [9.17, 15) is 18.9 Å². The predicted molar refractivity (Wildman–Crippen MR) is 90.1 cm³/mol. The molecule has 0 amide bonds. The molecule has 0 radical (unpaired) electrons. The molecule has 142 valence electrons. The number of nitrogen functional groups attached to an aromatic ring is 1. The van der Waals surface area contributed by atoms with Gasteiger partial charge in [-0.25, -0.2) is 14.3 Å². The average molecular weight is 378 g/mol. The summed E-state index contributed by atoms with van der Waals surface area (Å²) < 4.78 is 38.9. The molecule has 1 fully saturated rings. The third-order valence-corrected chi connectivity index (χ3v) is 5.43. The molecule has 1 saturated heterocycles. The largest absolute Gasteiger partial charge is 0.387 e. The summed E-state index contributed by atoms with van der Waals surface area (Å²) in [5.41, 5.74) is 2.34. The van der Waals surface area contributed by atoms with Crippen LogP contribution in [0.3, 0.4) is 0 Å². The van der Waals surface area contributed by atoms with E-state index in [4.69, 9.17) is 15.0 Å². The van der Waals surface area contributed by atoms with Crippen LogP contribution in [0.25, 0.3) is 0 Å². The normalized spacial score (nSPS) is 32.0. The highest BCUT2D eigenvalue weighted by Crippen LogP contribution is 2.44. The van der Waals surface area contributed by atoms with E-state index in [0.29, 0.717) is 0 Å². The fourth-order valence-corrected chi connectivity index (χ4v) is 4.12. The van der Waals surface area contributed by atoms with Crippen LogP contribution in [0.2, 0.25) is 0 Å². The quantitative estimate of drug-likeness (QED) is 0.616. The molecule has 0 aromatic carbocycles. The van der Waals surface area contributed by atoms with Gasteiger partial charge >= 0.3 is 5.69 Å². The lowest BCUT2D eigenvalue weighted by Gasteiger charge is -2.24. The Morgan fingerprint density at radius 2 is 2.28 bits per heavy atom. The second kappa shape index (κ2) is 7.13. The number of ether oxygens (including phenoxy) is 1. The van der Waals surface area contributed by atoms with Gasteiger partial charge in [-0.3, -0.25) is 9.13 Å². The van der Waals surface area contributed by atoms with Gasteiger partial charge in [-0.15, -0.1) is 0 Å². The number of halogens is 1. The van der Waals surface area contributed by atoms with E-state index in [1.54, 1.807) is 13.8 Å². The second-order valence-electron chi connectivity index (χ2n) is 6.59. The average Bonchev–Trinajstić information content (AvgIpc) is 2.67. The molecule has 25 heavy (non-hydrogen) atoms. The second-order valence-corrected chi connectivity index (χ2v) is 8.80. The first-order valence-electron chi connectivity index (χ1n) is 7.81. The summed E-state index contributed by atoms with van der Waals surface area (Å²) in [6, 6.07) is 1.24. The number of aliphatic hydroxyl groups is 1. The van der Waals surface area contributed by atoms with Crippen LogP contribution in [0.15, 0.2) is 17.1 Å². The lowest BCUT2D eigenvalue weighted by molar-refractivity contribution is -0.0584. The van der Waals surface area contributed by atoms with Crippen molar-refractivity contribution in [2.75, 3.05) is 19.0 Å². The van der Waals surface area contributed by atoms with Gasteiger partial charge in [-0.05, 0) is 26.8 Å². The maximum absolute atomic E-state index is 15.0. The molecule has 1 aliphatic rings. The van der Waals surface area contributed by atoms with Crippen molar-refractivity contribution in [3.63, 3.8) is 0 Å². The molecule has 0 aliphatic carbocycles. The van der Waals surface area contributed by atoms with Gasteiger partial charge in [0, 0.05) is 18.9 Å². The Morgan fingerprint density at radius 3 is 2.84 bits per heavy atom. The van der Waals surface area contributed by atoms with Crippen molar-refractivity contribution < 1.29 is 23.3 Å². The lowest BCUT2D eigenvalue weighted by atomic mass is 9.98. The van der Waals surface area contributed by atoms with E-state index in [2.05, 4.69) is 10.1 Å². The highest BCUT2D eigenvalue weighted by atomic mass is 31.2. The third-order valence-electron chi connectivity index (χ3n) is 3.80. The maximum atomic E-state index is 15.0. The van der Waals surface area contributed by atoms with Crippen LogP contribution in [-0.2, 0) is 13.8 Å². The van der Waals surface area contributed by atoms with Gasteiger partial charge in [0.15, 0.2) is 11.9 Å². The summed E-state index contributed by atoms with van der Waals surface area (Å²) in [5.74, 6) is -0.00748. The molecule has 1 aromatic heterocycles. The summed E-state index contributed by atoms with van der Waals surface area (Å²) in [4.78, 5) is 15.4. The number of nitrogens with zero attached hydrogens (tertiary/aromatic N) is 2. The zero-order valence-corrected chi connectivity index (χ0v) is 15.4. The molecule has 0 bridgehead atoms. The number of hydrogen-bond donors (Lipinski definition) is 3. The summed E-state index contributed by atoms with van der Waals surface area (Å²) in [5, 5.41) is 13.0. The molecule has 0 spiro atoms. The van der Waals surface area contributed by atoms with Crippen molar-refractivity contribution in [2.45, 2.75) is 50.9 Å². The molecular weight excluding hydrogens is 354 g/mol. The molecule has 1 aliphatic heterocycles. The van der Waals surface area contributed by atoms with Crippen molar-refractivity contribution in [3.8, 4) is 0 Å². The van der Waals surface area contributed by atoms with E-state index >= 15 is 0 Å². The summed E-state index contributed by atoms with van der Waals surface area (Å²) in [6.45, 7) is 5.80. The molecule has 0 saturated carbocycles. The summed E-state index contributed by atoms with van der Waals surface area (Å²) >= 11 is 0. The van der Waals surface area contributed by atoms with Crippen molar-refractivity contribution in [1.82, 2.24) is 14.6 Å². The molecule has 11 heteroatoms. The summed E-state index contributed by atoms with van der Waals surface area (Å²) in [7, 11) is -3.14. The smallest absolute Gasteiger partial charge is 0.351 e. The van der Waals surface area contributed by atoms with Crippen molar-refractivity contribution >= 4 is 13.3 Å². The fraction of sp³-hybridized carbons (Fsp3) is 0.714. The molecular formula is C14H24FN4O5P. The molecule has 2 heterocycles. The number of aromatic nitrogens is 2. The lowest BCUT2D eigenvalue weighted by Crippen LogP contribution is -2.43. The maximum Gasteiger partial charge on any atom is 0.351 e. The molecule has 1 aromatic rings. The first-order chi connectivity index (χ1) is 11.4. The van der Waals surface area contributed by atoms with Gasteiger partial charge in [-0.1, -0.05) is 0 Å². The van der Waals surface area contributed by atoms with Crippen molar-refractivity contribution in [3.05, 3.63) is 22.7 Å². The van der Waals surface area contributed by atoms with Crippen LogP contribution in [0.1, 0.15) is 27.0 Å². The van der Waals surface area contributed by atoms with Crippen LogP contribution < -0.4 is 16.5 Å². The van der Waals surface area contributed by atoms with Gasteiger partial charge in [0.1, 0.15) is 18.0 Å². The van der Waals surface area contributed by atoms with E-state index in [-0.39, 0.29) is 18.5 Å². The predicted octanol–water partition coefficient (Wildman–Crippen LogP) is 0.649. The van der Waals surface area contributed by atoms with Crippen LogP contribution in [-0.4, -0.2) is 51.8 Å². The van der Waals surface area contributed by atoms with E-state index in [1.165, 1.54) is 18.9 Å². The fourth-order valence-electron chi connectivity index (χ4n) is 2.68. The zero-order chi connectivity index (χ0) is 19.0. The van der Waals surface area contributed by atoms with E-state index in [0.717, 1.165) is 11.5 Å². The van der Waals surface area contributed by atoms with Gasteiger partial charge in [0.2, 0.25) is 0 Å². The molecule has 4 N–H and O–H groups in total. The molecule has 5 atom stereocenters. The monoisotopic (exact) mass is 378 g/mol. The highest BCUT2D eigenvalue weighted by Gasteiger charge is 2.55. The Labute approximate surface area is 144 Å². The van der Waals surface area contributed by atoms with Crippen LogP contribution >= 0.6 is 7.52 Å². The summed E-state index contributed by atoms with van der Waals surface area (Å²) in [6.07, 6.45) is -2.85. The number of aliphatic hydroxyl groups excluding tert-OH is 1. The Hall–Kier alpha value is -1.32. The third kappa shape index (κ3) is 4.45. The van der Waals surface area contributed by atoms with E-state index in [1.807, 2.05) is 0 Å². The molecule has 2 rings (SSSR count). The molecule has 9 nitrogen and oxygen atoms in total. The first-order valence-corrected chi connectivity index (χ1v) is 9.88. The number of nitrogens with one attached hydrogen (secondary N) is 1. The van der Waals surface area contributed by atoms with Gasteiger partial charge in [-0.2, -0.15) is 4.98 Å². The zero-order valence-electron chi connectivity index (χ0n) is 14.5.